The molecule has 1 aromatic rings. The number of H-pyrrole nitrogens is 1. The Balaban J connectivity index is 1.61. The third kappa shape index (κ3) is 4.31. The van der Waals surface area contributed by atoms with Crippen LogP contribution in [0.15, 0.2) is 6.20 Å². The fraction of sp³-hybridized carbons (Fsp3) is 0.812. The molecule has 1 amide bonds. The summed E-state index contributed by atoms with van der Waals surface area (Å²) in [5, 5.41) is 19.7. The summed E-state index contributed by atoms with van der Waals surface area (Å²) in [5.74, 6) is 0.451. The lowest BCUT2D eigenvalue weighted by Crippen LogP contribution is -2.48. The molecule has 0 aliphatic carbocycles. The second kappa shape index (κ2) is 8.04. The largest absolute Gasteiger partial charge is 0.396 e. The van der Waals surface area contributed by atoms with Crippen LogP contribution in [0.2, 0.25) is 0 Å². The van der Waals surface area contributed by atoms with E-state index in [9.17, 15) is 9.90 Å². The number of nitrogens with one attached hydrogen (secondary N) is 1. The Morgan fingerprint density at radius 2 is 2.12 bits per heavy atom. The van der Waals surface area contributed by atoms with Gasteiger partial charge in [-0.25, -0.2) is 0 Å². The van der Waals surface area contributed by atoms with Crippen molar-refractivity contribution in [3.05, 3.63) is 11.9 Å². The van der Waals surface area contributed by atoms with Crippen molar-refractivity contribution < 1.29 is 9.90 Å². The molecule has 0 aromatic carbocycles. The number of likely N-dealkylation sites (tertiary alicyclic amines) is 1. The molecule has 3 heterocycles. The summed E-state index contributed by atoms with van der Waals surface area (Å²) in [4.78, 5) is 19.3. The zero-order chi connectivity index (χ0) is 16.9. The number of aliphatic hydroxyl groups is 1. The van der Waals surface area contributed by atoms with E-state index in [4.69, 9.17) is 0 Å². The summed E-state index contributed by atoms with van der Waals surface area (Å²) in [6, 6.07) is 0. The molecular weight excluding hydrogens is 308 g/mol. The molecule has 8 nitrogen and oxygen atoms in total. The first-order valence-corrected chi connectivity index (χ1v) is 8.82. The summed E-state index contributed by atoms with van der Waals surface area (Å²) < 4.78 is 0. The van der Waals surface area contributed by atoms with Crippen molar-refractivity contribution in [2.45, 2.75) is 12.8 Å². The quantitative estimate of drug-likeness (QED) is 0.772. The molecule has 134 valence electrons. The van der Waals surface area contributed by atoms with Crippen molar-refractivity contribution in [2.24, 2.45) is 11.8 Å². The molecule has 0 saturated carbocycles. The van der Waals surface area contributed by atoms with Gasteiger partial charge in [-0.1, -0.05) is 0 Å². The molecule has 1 aromatic heterocycles. The molecule has 3 rings (SSSR count). The number of piperidine rings is 1. The summed E-state index contributed by atoms with van der Waals surface area (Å²) in [6.07, 6.45) is 3.63. The van der Waals surface area contributed by atoms with E-state index in [1.54, 1.807) is 0 Å². The van der Waals surface area contributed by atoms with Gasteiger partial charge in [0.1, 0.15) is 0 Å². The summed E-state index contributed by atoms with van der Waals surface area (Å²) in [7, 11) is 2.17. The maximum Gasteiger partial charge on any atom is 0.276 e. The van der Waals surface area contributed by atoms with Gasteiger partial charge >= 0.3 is 0 Å². The minimum atomic E-state index is -0.0949. The highest BCUT2D eigenvalue weighted by Crippen LogP contribution is 2.24. The summed E-state index contributed by atoms with van der Waals surface area (Å²) >= 11 is 0. The first-order valence-electron chi connectivity index (χ1n) is 8.82. The van der Waals surface area contributed by atoms with E-state index in [2.05, 4.69) is 32.3 Å². The van der Waals surface area contributed by atoms with Gasteiger partial charge in [0.15, 0.2) is 5.69 Å². The Kier molecular flexibility index (Phi) is 5.80. The van der Waals surface area contributed by atoms with Gasteiger partial charge in [-0.15, -0.1) is 0 Å². The van der Waals surface area contributed by atoms with Crippen LogP contribution in [0.4, 0.5) is 0 Å². The van der Waals surface area contributed by atoms with Crippen LogP contribution in [0.25, 0.3) is 0 Å². The zero-order valence-electron chi connectivity index (χ0n) is 14.4. The fourth-order valence-electron chi connectivity index (χ4n) is 3.86. The summed E-state index contributed by atoms with van der Waals surface area (Å²) in [5.41, 5.74) is 0.351. The number of aliphatic hydroxyl groups excluding tert-OH is 1. The fourth-order valence-corrected chi connectivity index (χ4v) is 3.86. The second-order valence-corrected chi connectivity index (χ2v) is 7.17. The topological polar surface area (TPSA) is 88.6 Å². The number of likely N-dealkylation sites (N-methyl/N-ethyl adjacent to an activating group) is 1. The number of rotatable bonds is 4. The van der Waals surface area contributed by atoms with Crippen LogP contribution in [-0.2, 0) is 0 Å². The molecule has 0 unspecified atom stereocenters. The van der Waals surface area contributed by atoms with Gasteiger partial charge in [0, 0.05) is 39.3 Å². The molecule has 2 N–H and O–H groups in total. The van der Waals surface area contributed by atoms with Gasteiger partial charge < -0.3 is 19.8 Å². The molecule has 24 heavy (non-hydrogen) atoms. The maximum atomic E-state index is 12.6. The molecule has 2 fully saturated rings. The third-order valence-corrected chi connectivity index (χ3v) is 5.13. The van der Waals surface area contributed by atoms with Crippen molar-refractivity contribution in [3.63, 3.8) is 0 Å². The van der Waals surface area contributed by atoms with Gasteiger partial charge in [0.25, 0.3) is 5.91 Å². The molecule has 2 saturated heterocycles. The first-order chi connectivity index (χ1) is 11.7. The number of carbonyl (C=O) groups is 1. The van der Waals surface area contributed by atoms with Crippen LogP contribution in [-0.4, -0.2) is 101 Å². The normalized spacial score (nSPS) is 27.2. The van der Waals surface area contributed by atoms with E-state index < -0.39 is 0 Å². The number of amides is 1. The number of aromatic amines is 1. The van der Waals surface area contributed by atoms with Crippen molar-refractivity contribution in [3.8, 4) is 0 Å². The van der Waals surface area contributed by atoms with Crippen LogP contribution < -0.4 is 0 Å². The number of hydrogen-bond acceptors (Lipinski definition) is 6. The van der Waals surface area contributed by atoms with Gasteiger partial charge in [0.2, 0.25) is 0 Å². The van der Waals surface area contributed by atoms with Crippen molar-refractivity contribution >= 4 is 5.91 Å². The van der Waals surface area contributed by atoms with E-state index >= 15 is 0 Å². The van der Waals surface area contributed by atoms with Crippen molar-refractivity contribution in [2.75, 3.05) is 59.5 Å². The minimum Gasteiger partial charge on any atom is -0.396 e. The van der Waals surface area contributed by atoms with E-state index in [1.165, 1.54) is 12.6 Å². The van der Waals surface area contributed by atoms with Crippen LogP contribution in [0, 0.1) is 11.8 Å². The number of aromatic nitrogens is 3. The van der Waals surface area contributed by atoms with Crippen LogP contribution >= 0.6 is 0 Å². The SMILES string of the molecule is CN1CCCN(C[C@@H]2C[C@@H](CO)CN(C(=O)c3cn[nH]n3)C2)CC1. The highest BCUT2D eigenvalue weighted by Gasteiger charge is 2.32. The average molecular weight is 336 g/mol. The number of hydrogen-bond donors (Lipinski definition) is 2. The highest BCUT2D eigenvalue weighted by molar-refractivity contribution is 5.91. The molecule has 0 radical (unpaired) electrons. The van der Waals surface area contributed by atoms with E-state index in [1.807, 2.05) is 4.90 Å². The van der Waals surface area contributed by atoms with E-state index in [-0.39, 0.29) is 18.4 Å². The number of carbonyl (C=O) groups excluding carboxylic acids is 1. The van der Waals surface area contributed by atoms with Crippen molar-refractivity contribution in [1.29, 1.82) is 0 Å². The molecule has 2 aliphatic rings. The van der Waals surface area contributed by atoms with Gasteiger partial charge in [-0.3, -0.25) is 4.79 Å². The Morgan fingerprint density at radius 3 is 2.88 bits per heavy atom. The second-order valence-electron chi connectivity index (χ2n) is 7.17. The molecule has 2 aliphatic heterocycles. The monoisotopic (exact) mass is 336 g/mol. The predicted molar refractivity (Wildman–Crippen MR) is 89.5 cm³/mol. The van der Waals surface area contributed by atoms with Crippen LogP contribution in [0.5, 0.6) is 0 Å². The lowest BCUT2D eigenvalue weighted by molar-refractivity contribution is 0.0449. The van der Waals surface area contributed by atoms with Gasteiger partial charge in [0.05, 0.1) is 6.20 Å². The zero-order valence-corrected chi connectivity index (χ0v) is 14.4. The van der Waals surface area contributed by atoms with E-state index in [0.29, 0.717) is 18.2 Å². The Morgan fingerprint density at radius 1 is 1.29 bits per heavy atom. The molecule has 2 atom stereocenters. The lowest BCUT2D eigenvalue weighted by atomic mass is 9.89. The standard InChI is InChI=1S/C16H28N6O2/c1-20-3-2-4-21(6-5-20)9-13-7-14(12-23)11-22(10-13)16(24)15-8-17-19-18-15/h8,13-14,23H,2-7,9-12H2,1H3,(H,17,18,19)/t13-,14+/m0/s1. The molecule has 8 heteroatoms. The molecular formula is C16H28N6O2. The molecule has 0 spiro atoms. The highest BCUT2D eigenvalue weighted by atomic mass is 16.3. The Hall–Kier alpha value is -1.51. The Labute approximate surface area is 142 Å². The minimum absolute atomic E-state index is 0.0949. The smallest absolute Gasteiger partial charge is 0.276 e. The maximum absolute atomic E-state index is 12.6. The third-order valence-electron chi connectivity index (χ3n) is 5.13. The van der Waals surface area contributed by atoms with E-state index in [0.717, 1.165) is 45.7 Å². The first kappa shape index (κ1) is 17.3. The van der Waals surface area contributed by atoms with Gasteiger partial charge in [-0.2, -0.15) is 15.4 Å². The van der Waals surface area contributed by atoms with Gasteiger partial charge in [-0.05, 0) is 44.8 Å². The van der Waals surface area contributed by atoms with Crippen LogP contribution in [0.1, 0.15) is 23.3 Å². The summed E-state index contributed by atoms with van der Waals surface area (Å²) in [6.45, 7) is 6.88. The lowest BCUT2D eigenvalue weighted by Gasteiger charge is -2.38. The molecule has 0 bridgehead atoms. The number of nitrogens with zero attached hydrogens (tertiary/aromatic N) is 5. The van der Waals surface area contributed by atoms with Crippen LogP contribution in [0.3, 0.4) is 0 Å². The Bertz CT molecular complexity index is 523. The average Bonchev–Trinajstić information content (AvgIpc) is 3.05. The van der Waals surface area contributed by atoms with Crippen molar-refractivity contribution in [1.82, 2.24) is 30.1 Å². The predicted octanol–water partition coefficient (Wildman–Crippen LogP) is -0.487.